The van der Waals surface area contributed by atoms with Gasteiger partial charge in [-0.25, -0.2) is 4.79 Å². The molecule has 1 atom stereocenters. The number of hydrogen-bond donors (Lipinski definition) is 1. The van der Waals surface area contributed by atoms with E-state index in [0.717, 1.165) is 19.5 Å². The molecule has 23 heavy (non-hydrogen) atoms. The van der Waals surface area contributed by atoms with Gasteiger partial charge < -0.3 is 19.5 Å². The van der Waals surface area contributed by atoms with Crippen LogP contribution in [0.2, 0.25) is 0 Å². The lowest BCUT2D eigenvalue weighted by atomic mass is 10.3. The number of aliphatic hydroxyl groups excluding tert-OH is 1. The Morgan fingerprint density at radius 2 is 2.00 bits per heavy atom. The van der Waals surface area contributed by atoms with Crippen molar-refractivity contribution in [2.24, 2.45) is 0 Å². The molecule has 1 aliphatic heterocycles. The first-order valence-corrected chi connectivity index (χ1v) is 8.19. The van der Waals surface area contributed by atoms with E-state index in [1.54, 1.807) is 17.0 Å². The van der Waals surface area contributed by atoms with Crippen molar-refractivity contribution in [2.75, 3.05) is 45.9 Å². The molecule has 1 heterocycles. The van der Waals surface area contributed by atoms with Gasteiger partial charge in [-0.3, -0.25) is 4.90 Å². The molecule has 1 aromatic carbocycles. The number of amides is 1. The number of hydrogen-bond acceptors (Lipinski definition) is 5. The predicted octanol–water partition coefficient (Wildman–Crippen LogP) is 1.59. The van der Waals surface area contributed by atoms with Gasteiger partial charge in [0.25, 0.3) is 0 Å². The molecule has 0 bridgehead atoms. The van der Waals surface area contributed by atoms with Crippen LogP contribution in [0, 0.1) is 0 Å². The van der Waals surface area contributed by atoms with Crippen molar-refractivity contribution in [2.45, 2.75) is 19.4 Å². The van der Waals surface area contributed by atoms with Gasteiger partial charge in [0.15, 0.2) is 0 Å². The van der Waals surface area contributed by atoms with Crippen LogP contribution in [0.1, 0.15) is 13.3 Å². The van der Waals surface area contributed by atoms with Crippen molar-refractivity contribution in [1.29, 1.82) is 0 Å². The van der Waals surface area contributed by atoms with Crippen LogP contribution in [0.5, 0.6) is 5.75 Å². The minimum atomic E-state index is -0.488. The van der Waals surface area contributed by atoms with Crippen molar-refractivity contribution in [3.05, 3.63) is 30.3 Å². The zero-order valence-corrected chi connectivity index (χ0v) is 13.7. The summed E-state index contributed by atoms with van der Waals surface area (Å²) in [7, 11) is 0. The molecule has 6 nitrogen and oxygen atoms in total. The first-order chi connectivity index (χ1) is 11.2. The zero-order chi connectivity index (χ0) is 16.5. The molecule has 1 aromatic rings. The molecule has 2 rings (SSSR count). The minimum Gasteiger partial charge on any atom is -0.410 e. The number of para-hydroxylation sites is 1. The third kappa shape index (κ3) is 6.17. The lowest BCUT2D eigenvalue weighted by Crippen LogP contribution is -2.39. The molecule has 128 valence electrons. The van der Waals surface area contributed by atoms with Gasteiger partial charge in [-0.05, 0) is 25.5 Å². The maximum Gasteiger partial charge on any atom is 0.415 e. The molecule has 0 saturated carbocycles. The molecule has 0 spiro atoms. The van der Waals surface area contributed by atoms with Crippen LogP contribution in [-0.4, -0.2) is 73.0 Å². The van der Waals surface area contributed by atoms with Crippen LogP contribution in [0.4, 0.5) is 4.79 Å². The highest BCUT2D eigenvalue weighted by molar-refractivity contribution is 5.70. The Morgan fingerprint density at radius 1 is 1.22 bits per heavy atom. The first kappa shape index (κ1) is 17.7. The number of ether oxygens (including phenoxy) is 2. The number of benzene rings is 1. The fourth-order valence-electron chi connectivity index (χ4n) is 2.59. The molecule has 0 unspecified atom stereocenters. The van der Waals surface area contributed by atoms with E-state index < -0.39 is 6.10 Å². The van der Waals surface area contributed by atoms with Crippen LogP contribution >= 0.6 is 0 Å². The SMILES string of the molecule is CCOC[C@H](O)CN1CCCN(C(=O)Oc2ccccc2)CC1. The fourth-order valence-corrected chi connectivity index (χ4v) is 2.59. The van der Waals surface area contributed by atoms with E-state index in [0.29, 0.717) is 38.6 Å². The largest absolute Gasteiger partial charge is 0.415 e. The molecular weight excluding hydrogens is 296 g/mol. The van der Waals surface area contributed by atoms with E-state index in [-0.39, 0.29) is 6.09 Å². The molecule has 1 aliphatic rings. The Bertz CT molecular complexity index is 469. The van der Waals surface area contributed by atoms with E-state index >= 15 is 0 Å². The zero-order valence-electron chi connectivity index (χ0n) is 13.7. The van der Waals surface area contributed by atoms with Crippen LogP contribution < -0.4 is 4.74 Å². The molecule has 0 aromatic heterocycles. The highest BCUT2D eigenvalue weighted by Crippen LogP contribution is 2.12. The van der Waals surface area contributed by atoms with Crippen LogP contribution in [0.15, 0.2) is 30.3 Å². The monoisotopic (exact) mass is 322 g/mol. The second-order valence-corrected chi connectivity index (χ2v) is 5.64. The molecule has 6 heteroatoms. The summed E-state index contributed by atoms with van der Waals surface area (Å²) in [4.78, 5) is 16.1. The van der Waals surface area contributed by atoms with Gasteiger partial charge in [-0.2, -0.15) is 0 Å². The standard InChI is InChI=1S/C17H26N2O4/c1-2-22-14-15(20)13-18-9-6-10-19(12-11-18)17(21)23-16-7-4-3-5-8-16/h3-5,7-8,15,20H,2,6,9-14H2,1H3/t15-/m1/s1. The van der Waals surface area contributed by atoms with Crippen LogP contribution in [-0.2, 0) is 4.74 Å². The Hall–Kier alpha value is -1.63. The Morgan fingerprint density at radius 3 is 2.74 bits per heavy atom. The van der Waals surface area contributed by atoms with Crippen molar-refractivity contribution >= 4 is 6.09 Å². The van der Waals surface area contributed by atoms with Crippen LogP contribution in [0.25, 0.3) is 0 Å². The molecule has 1 saturated heterocycles. The maximum atomic E-state index is 12.2. The summed E-state index contributed by atoms with van der Waals surface area (Å²) in [5.41, 5.74) is 0. The quantitative estimate of drug-likeness (QED) is 0.862. The molecule has 1 amide bonds. The second kappa shape index (κ2) is 9.50. The topological polar surface area (TPSA) is 62.2 Å². The number of carbonyl (C=O) groups is 1. The Balaban J connectivity index is 1.77. The highest BCUT2D eigenvalue weighted by Gasteiger charge is 2.21. The number of β-amino-alcohol motifs (C(OH)–C–C–N with tert-alkyl or cyclic N) is 1. The van der Waals surface area contributed by atoms with Gasteiger partial charge >= 0.3 is 6.09 Å². The van der Waals surface area contributed by atoms with Gasteiger partial charge in [0.05, 0.1) is 12.7 Å². The second-order valence-electron chi connectivity index (χ2n) is 5.64. The smallest absolute Gasteiger partial charge is 0.410 e. The van der Waals surface area contributed by atoms with E-state index in [1.165, 1.54) is 0 Å². The summed E-state index contributed by atoms with van der Waals surface area (Å²) in [5, 5.41) is 9.92. The van der Waals surface area contributed by atoms with E-state index in [4.69, 9.17) is 9.47 Å². The lowest BCUT2D eigenvalue weighted by Gasteiger charge is -2.23. The minimum absolute atomic E-state index is 0.312. The highest BCUT2D eigenvalue weighted by atomic mass is 16.6. The third-order valence-corrected chi connectivity index (χ3v) is 3.78. The average molecular weight is 322 g/mol. The Labute approximate surface area is 137 Å². The summed E-state index contributed by atoms with van der Waals surface area (Å²) in [6.45, 7) is 6.31. The maximum absolute atomic E-state index is 12.2. The number of nitrogens with zero attached hydrogens (tertiary/aromatic N) is 2. The number of aliphatic hydroxyl groups is 1. The molecular formula is C17H26N2O4. The molecule has 0 radical (unpaired) electrons. The van der Waals surface area contributed by atoms with Crippen LogP contribution in [0.3, 0.4) is 0 Å². The molecule has 1 N–H and O–H groups in total. The van der Waals surface area contributed by atoms with Crippen molar-refractivity contribution in [3.8, 4) is 5.75 Å². The van der Waals surface area contributed by atoms with Crippen molar-refractivity contribution < 1.29 is 19.4 Å². The normalized spacial score (nSPS) is 17.6. The van der Waals surface area contributed by atoms with Crippen molar-refractivity contribution in [3.63, 3.8) is 0 Å². The lowest BCUT2D eigenvalue weighted by molar-refractivity contribution is 0.0219. The summed E-state index contributed by atoms with van der Waals surface area (Å²) in [6.07, 6.45) is 0.0660. The van der Waals surface area contributed by atoms with Crippen molar-refractivity contribution in [1.82, 2.24) is 9.80 Å². The van der Waals surface area contributed by atoms with Gasteiger partial charge in [-0.1, -0.05) is 18.2 Å². The fraction of sp³-hybridized carbons (Fsp3) is 0.588. The van der Waals surface area contributed by atoms with Gasteiger partial charge in [0, 0.05) is 39.3 Å². The van der Waals surface area contributed by atoms with Gasteiger partial charge in [0.2, 0.25) is 0 Å². The summed E-state index contributed by atoms with van der Waals surface area (Å²) in [6, 6.07) is 9.10. The summed E-state index contributed by atoms with van der Waals surface area (Å²) >= 11 is 0. The summed E-state index contributed by atoms with van der Waals surface area (Å²) < 4.78 is 10.6. The van der Waals surface area contributed by atoms with Gasteiger partial charge in [0.1, 0.15) is 5.75 Å². The summed E-state index contributed by atoms with van der Waals surface area (Å²) in [5.74, 6) is 0.561. The molecule has 0 aliphatic carbocycles. The van der Waals surface area contributed by atoms with E-state index in [9.17, 15) is 9.90 Å². The Kier molecular flexibility index (Phi) is 7.32. The van der Waals surface area contributed by atoms with E-state index in [1.807, 2.05) is 25.1 Å². The first-order valence-electron chi connectivity index (χ1n) is 8.19. The third-order valence-electron chi connectivity index (χ3n) is 3.78. The number of rotatable bonds is 6. The van der Waals surface area contributed by atoms with Gasteiger partial charge in [-0.15, -0.1) is 0 Å². The number of carbonyl (C=O) groups excluding carboxylic acids is 1. The van der Waals surface area contributed by atoms with E-state index in [2.05, 4.69) is 4.90 Å². The molecule has 1 fully saturated rings. The predicted molar refractivity (Wildman–Crippen MR) is 87.6 cm³/mol. The average Bonchev–Trinajstić information content (AvgIpc) is 2.79.